The van der Waals surface area contributed by atoms with E-state index in [1.54, 1.807) is 0 Å². The topological polar surface area (TPSA) is 23.9 Å². The zero-order chi connectivity index (χ0) is 14.5. The van der Waals surface area contributed by atoms with Gasteiger partial charge in [-0.25, -0.2) is 0 Å². The van der Waals surface area contributed by atoms with Crippen LogP contribution in [-0.2, 0) is 0 Å². The normalized spacial score (nSPS) is 14.6. The molecule has 21 heavy (non-hydrogen) atoms. The largest absolute Gasteiger partial charge is 0.305 e. The van der Waals surface area contributed by atoms with E-state index in [1.165, 1.54) is 0 Å². The van der Waals surface area contributed by atoms with Crippen LogP contribution in [0.5, 0.6) is 0 Å². The van der Waals surface area contributed by atoms with E-state index in [-0.39, 0.29) is 0 Å². The van der Waals surface area contributed by atoms with Crippen molar-refractivity contribution in [1.29, 1.82) is 5.16 Å². The molecule has 0 aliphatic heterocycles. The fourth-order valence-corrected chi connectivity index (χ4v) is 5.39. The average molecular weight is 291 g/mol. The molecule has 0 saturated carbocycles. The van der Waals surface area contributed by atoms with Gasteiger partial charge in [-0.1, -0.05) is 91.0 Å². The summed E-state index contributed by atoms with van der Waals surface area (Å²) in [5, 5.41) is 12.7. The van der Waals surface area contributed by atoms with Crippen LogP contribution in [0, 0.1) is 5.16 Å². The molecule has 0 radical (unpaired) electrons. The molecule has 1 N–H and O–H groups in total. The fraction of sp³-hybridized carbons (Fsp3) is 0.0526. The summed E-state index contributed by atoms with van der Waals surface area (Å²) >= 11 is 0. The van der Waals surface area contributed by atoms with Gasteiger partial charge in [0.2, 0.25) is 0 Å². The standard InChI is InChI=1S/C19H18NP/c20-21(18-13-7-3-8-14-18,19-15-9-4-10-16-19)17-11-5-1-2-6-12-17/h1-5,7-16,20H,6H2. The summed E-state index contributed by atoms with van der Waals surface area (Å²) < 4.78 is 0. The molecule has 0 unspecified atom stereocenters. The van der Waals surface area contributed by atoms with E-state index in [0.717, 1.165) is 22.3 Å². The van der Waals surface area contributed by atoms with Crippen molar-refractivity contribution in [3.63, 3.8) is 0 Å². The minimum absolute atomic E-state index is 0.891. The number of hydrogen-bond donors (Lipinski definition) is 1. The molecule has 2 aromatic rings. The second-order valence-corrected chi connectivity index (χ2v) is 7.88. The van der Waals surface area contributed by atoms with E-state index in [2.05, 4.69) is 48.6 Å². The highest BCUT2D eigenvalue weighted by molar-refractivity contribution is 7.83. The zero-order valence-corrected chi connectivity index (χ0v) is 12.7. The van der Waals surface area contributed by atoms with Crippen LogP contribution in [0.4, 0.5) is 0 Å². The molecule has 0 aromatic heterocycles. The van der Waals surface area contributed by atoms with Gasteiger partial charge in [0.1, 0.15) is 0 Å². The summed E-state index contributed by atoms with van der Waals surface area (Å²) in [5.74, 6) is 0. The number of nitrogens with one attached hydrogen (secondary N) is 1. The molecule has 2 heteroatoms. The van der Waals surface area contributed by atoms with Crippen LogP contribution in [0.2, 0.25) is 0 Å². The van der Waals surface area contributed by atoms with Crippen molar-refractivity contribution in [3.8, 4) is 0 Å². The molecular formula is C19H18NP. The van der Waals surface area contributed by atoms with Crippen LogP contribution < -0.4 is 10.6 Å². The van der Waals surface area contributed by atoms with Gasteiger partial charge in [-0.15, -0.1) is 0 Å². The van der Waals surface area contributed by atoms with E-state index in [9.17, 15) is 5.16 Å². The van der Waals surface area contributed by atoms with Crippen LogP contribution in [-0.4, -0.2) is 0 Å². The third-order valence-corrected chi connectivity index (χ3v) is 6.90. The summed E-state index contributed by atoms with van der Waals surface area (Å²) in [6, 6.07) is 20.5. The Morgan fingerprint density at radius 1 is 0.762 bits per heavy atom. The summed E-state index contributed by atoms with van der Waals surface area (Å²) in [6.07, 6.45) is 11.4. The highest BCUT2D eigenvalue weighted by atomic mass is 31.2. The van der Waals surface area contributed by atoms with Gasteiger partial charge < -0.3 is 5.16 Å². The monoisotopic (exact) mass is 291 g/mol. The minimum atomic E-state index is -2.29. The van der Waals surface area contributed by atoms with E-state index < -0.39 is 7.05 Å². The number of benzene rings is 2. The number of hydrogen-bond acceptors (Lipinski definition) is 1. The first-order valence-corrected chi connectivity index (χ1v) is 8.90. The fourth-order valence-electron chi connectivity index (χ4n) is 2.57. The third-order valence-electron chi connectivity index (χ3n) is 3.65. The van der Waals surface area contributed by atoms with Crippen LogP contribution in [0.25, 0.3) is 0 Å². The molecule has 1 nitrogen and oxygen atoms in total. The SMILES string of the molecule is N=P(C1=CCC=CC=C1)(c1ccccc1)c1ccccc1. The van der Waals surface area contributed by atoms with Crippen LogP contribution in [0.3, 0.4) is 0 Å². The molecular weight excluding hydrogens is 273 g/mol. The Bertz CT molecular complexity index is 696. The second kappa shape index (κ2) is 6.11. The maximum atomic E-state index is 9.36. The summed E-state index contributed by atoms with van der Waals surface area (Å²) in [7, 11) is -2.29. The van der Waals surface area contributed by atoms with Crippen LogP contribution in [0.1, 0.15) is 6.42 Å². The lowest BCUT2D eigenvalue weighted by Gasteiger charge is -2.25. The molecule has 3 rings (SSSR count). The molecule has 0 heterocycles. The molecule has 1 aliphatic rings. The molecule has 2 aromatic carbocycles. The van der Waals surface area contributed by atoms with Crippen molar-refractivity contribution in [2.75, 3.05) is 0 Å². The summed E-state index contributed by atoms with van der Waals surface area (Å²) in [4.78, 5) is 0. The maximum absolute atomic E-state index is 9.36. The quantitative estimate of drug-likeness (QED) is 0.784. The highest BCUT2D eigenvalue weighted by Crippen LogP contribution is 2.53. The van der Waals surface area contributed by atoms with Crippen molar-refractivity contribution in [1.82, 2.24) is 0 Å². The smallest absolute Gasteiger partial charge is 0.0509 e. The van der Waals surface area contributed by atoms with Gasteiger partial charge in [0.25, 0.3) is 0 Å². The van der Waals surface area contributed by atoms with Crippen molar-refractivity contribution < 1.29 is 0 Å². The van der Waals surface area contributed by atoms with E-state index >= 15 is 0 Å². The molecule has 0 spiro atoms. The van der Waals surface area contributed by atoms with Crippen LogP contribution in [0.15, 0.2) is 96.4 Å². The van der Waals surface area contributed by atoms with Gasteiger partial charge in [0.15, 0.2) is 0 Å². The number of rotatable bonds is 3. The molecule has 104 valence electrons. The third kappa shape index (κ3) is 2.70. The Morgan fingerprint density at radius 3 is 1.90 bits per heavy atom. The van der Waals surface area contributed by atoms with Crippen molar-refractivity contribution in [2.45, 2.75) is 6.42 Å². The van der Waals surface area contributed by atoms with Crippen molar-refractivity contribution in [2.24, 2.45) is 0 Å². The van der Waals surface area contributed by atoms with Gasteiger partial charge >= 0.3 is 0 Å². The summed E-state index contributed by atoms with van der Waals surface area (Å²) in [6.45, 7) is 0. The summed E-state index contributed by atoms with van der Waals surface area (Å²) in [5.41, 5.74) is 0. The predicted octanol–water partition coefficient (Wildman–Crippen LogP) is 4.82. The first-order valence-electron chi connectivity index (χ1n) is 7.11. The molecule has 0 bridgehead atoms. The van der Waals surface area contributed by atoms with E-state index in [1.807, 2.05) is 42.5 Å². The van der Waals surface area contributed by atoms with E-state index in [0.29, 0.717) is 0 Å². The van der Waals surface area contributed by atoms with Crippen molar-refractivity contribution in [3.05, 3.63) is 96.4 Å². The second-order valence-electron chi connectivity index (χ2n) is 4.99. The average Bonchev–Trinajstić information content (AvgIpc) is 2.85. The van der Waals surface area contributed by atoms with Gasteiger partial charge in [-0.05, 0) is 22.3 Å². The lowest BCUT2D eigenvalue weighted by molar-refractivity contribution is 1.39. The molecule has 0 fully saturated rings. The maximum Gasteiger partial charge on any atom is 0.0509 e. The Labute approximate surface area is 126 Å². The lowest BCUT2D eigenvalue weighted by atomic mass is 10.4. The van der Waals surface area contributed by atoms with Crippen LogP contribution >= 0.6 is 7.05 Å². The predicted molar refractivity (Wildman–Crippen MR) is 92.8 cm³/mol. The molecule has 0 saturated heterocycles. The minimum Gasteiger partial charge on any atom is -0.305 e. The Kier molecular flexibility index (Phi) is 4.03. The first-order chi connectivity index (χ1) is 10.3. The zero-order valence-electron chi connectivity index (χ0n) is 11.8. The van der Waals surface area contributed by atoms with Gasteiger partial charge in [0, 0.05) is 0 Å². The van der Waals surface area contributed by atoms with Gasteiger partial charge in [-0.3, -0.25) is 0 Å². The van der Waals surface area contributed by atoms with Crippen molar-refractivity contribution >= 4 is 17.7 Å². The molecule has 1 aliphatic carbocycles. The Hall–Kier alpha value is -2.11. The number of allylic oxidation sites excluding steroid dienone is 6. The Morgan fingerprint density at radius 2 is 1.33 bits per heavy atom. The first kappa shape index (κ1) is 13.9. The molecule has 0 atom stereocenters. The van der Waals surface area contributed by atoms with E-state index in [4.69, 9.17) is 0 Å². The Balaban J connectivity index is 2.21. The molecule has 0 amide bonds. The van der Waals surface area contributed by atoms with Gasteiger partial charge in [-0.2, -0.15) is 0 Å². The van der Waals surface area contributed by atoms with Gasteiger partial charge in [0.05, 0.1) is 7.05 Å². The highest BCUT2D eigenvalue weighted by Gasteiger charge is 2.25. The lowest BCUT2D eigenvalue weighted by Crippen LogP contribution is -2.16.